The van der Waals surface area contributed by atoms with Crippen LogP contribution in [0.3, 0.4) is 0 Å². The number of hydrogen-bond acceptors (Lipinski definition) is 8. The summed E-state index contributed by atoms with van der Waals surface area (Å²) in [6.07, 6.45) is 7.04. The largest absolute Gasteiger partial charge is 0.383 e. The van der Waals surface area contributed by atoms with Crippen molar-refractivity contribution in [2.75, 3.05) is 44.1 Å². The average Bonchev–Trinajstić information content (AvgIpc) is 2.91. The van der Waals surface area contributed by atoms with E-state index in [1.165, 1.54) is 6.07 Å². The van der Waals surface area contributed by atoms with E-state index in [1.807, 2.05) is 6.07 Å². The topological polar surface area (TPSA) is 104 Å². The fourth-order valence-corrected chi connectivity index (χ4v) is 5.29. The second-order valence-corrected chi connectivity index (χ2v) is 10.6. The Kier molecular flexibility index (Phi) is 9.54. The summed E-state index contributed by atoms with van der Waals surface area (Å²) >= 11 is 6.48. The maximum atomic E-state index is 14.6. The van der Waals surface area contributed by atoms with Crippen LogP contribution in [0.15, 0.2) is 24.4 Å². The first-order valence-electron chi connectivity index (χ1n) is 13.0. The molecule has 3 N–H and O–H groups in total. The molecule has 8 nitrogen and oxygen atoms in total. The van der Waals surface area contributed by atoms with Crippen LogP contribution in [0.4, 0.5) is 16.0 Å². The van der Waals surface area contributed by atoms with Crippen LogP contribution in [-0.2, 0) is 9.47 Å². The molecule has 1 aliphatic carbocycles. The first kappa shape index (κ1) is 27.5. The Labute approximate surface area is 223 Å². The lowest BCUT2D eigenvalue weighted by molar-refractivity contribution is 0.0455. The lowest BCUT2D eigenvalue weighted by Crippen LogP contribution is -2.42. The van der Waals surface area contributed by atoms with E-state index in [-0.39, 0.29) is 5.82 Å². The number of pyridine rings is 2. The molecule has 10 heteroatoms. The first-order valence-corrected chi connectivity index (χ1v) is 13.4. The van der Waals surface area contributed by atoms with Crippen molar-refractivity contribution in [3.8, 4) is 17.3 Å². The summed E-state index contributed by atoms with van der Waals surface area (Å²) in [5.41, 5.74) is 0.619. The number of anilines is 2. The predicted octanol–water partition coefficient (Wildman–Crippen LogP) is 5.02. The fourth-order valence-electron chi connectivity index (χ4n) is 5.09. The van der Waals surface area contributed by atoms with Crippen LogP contribution in [0, 0.1) is 22.6 Å². The molecule has 37 heavy (non-hydrogen) atoms. The number of aromatic nitrogens is 2. The van der Waals surface area contributed by atoms with E-state index in [2.05, 4.69) is 38.9 Å². The van der Waals surface area contributed by atoms with E-state index in [4.69, 9.17) is 21.1 Å². The van der Waals surface area contributed by atoms with Crippen LogP contribution < -0.4 is 16.0 Å². The quantitative estimate of drug-likeness (QED) is 0.393. The molecule has 2 fully saturated rings. The van der Waals surface area contributed by atoms with Crippen LogP contribution in [0.2, 0.25) is 5.02 Å². The summed E-state index contributed by atoms with van der Waals surface area (Å²) in [4.78, 5) is 8.98. The lowest BCUT2D eigenvalue weighted by Gasteiger charge is -2.32. The van der Waals surface area contributed by atoms with Gasteiger partial charge in [-0.2, -0.15) is 5.26 Å². The van der Waals surface area contributed by atoms with Crippen LogP contribution >= 0.6 is 11.6 Å². The Morgan fingerprint density at radius 3 is 2.68 bits per heavy atom. The van der Waals surface area contributed by atoms with Gasteiger partial charge in [0.05, 0.1) is 28.8 Å². The van der Waals surface area contributed by atoms with E-state index in [1.54, 1.807) is 19.4 Å². The highest BCUT2D eigenvalue weighted by molar-refractivity contribution is 6.33. The van der Waals surface area contributed by atoms with Crippen LogP contribution in [-0.4, -0.2) is 61.6 Å². The Morgan fingerprint density at radius 2 is 1.97 bits per heavy atom. The predicted molar refractivity (Wildman–Crippen MR) is 143 cm³/mol. The molecule has 1 saturated carbocycles. The van der Waals surface area contributed by atoms with Gasteiger partial charge in [-0.3, -0.25) is 0 Å². The molecule has 1 saturated heterocycles. The Bertz CT molecular complexity index is 1080. The second kappa shape index (κ2) is 12.8. The summed E-state index contributed by atoms with van der Waals surface area (Å²) in [6, 6.07) is 8.38. The minimum Gasteiger partial charge on any atom is -0.383 e. The Hall–Kier alpha value is -2.51. The molecule has 3 heterocycles. The molecule has 0 amide bonds. The van der Waals surface area contributed by atoms with Gasteiger partial charge in [0, 0.05) is 56.8 Å². The number of nitrogens with one attached hydrogen (secondary N) is 3. The summed E-state index contributed by atoms with van der Waals surface area (Å²) in [6.45, 7) is 4.21. The van der Waals surface area contributed by atoms with Gasteiger partial charge in [-0.25, -0.2) is 14.4 Å². The molecule has 0 spiro atoms. The smallest absolute Gasteiger partial charge is 0.165 e. The molecule has 200 valence electrons. The molecule has 0 unspecified atom stereocenters. The van der Waals surface area contributed by atoms with Crippen molar-refractivity contribution in [2.24, 2.45) is 5.41 Å². The minimum absolute atomic E-state index is 0.106. The second-order valence-electron chi connectivity index (χ2n) is 10.2. The molecule has 0 radical (unpaired) electrons. The highest BCUT2D eigenvalue weighted by atomic mass is 35.5. The molecule has 2 aliphatic rings. The van der Waals surface area contributed by atoms with Crippen LogP contribution in [0.5, 0.6) is 0 Å². The number of ether oxygens (including phenoxy) is 2. The van der Waals surface area contributed by atoms with Gasteiger partial charge in [0.1, 0.15) is 5.82 Å². The van der Waals surface area contributed by atoms with E-state index in [9.17, 15) is 9.65 Å². The minimum atomic E-state index is -0.593. The number of nitrogens with zero attached hydrogens (tertiary/aromatic N) is 3. The van der Waals surface area contributed by atoms with E-state index in [0.29, 0.717) is 73.6 Å². The molecular formula is C27H36ClFN6O2. The molecule has 1 atom stereocenters. The number of rotatable bonds is 10. The van der Waals surface area contributed by atoms with Crippen molar-refractivity contribution in [3.05, 3.63) is 35.2 Å². The maximum absolute atomic E-state index is 14.6. The first-order chi connectivity index (χ1) is 17.9. The van der Waals surface area contributed by atoms with Crippen molar-refractivity contribution in [3.63, 3.8) is 0 Å². The maximum Gasteiger partial charge on any atom is 0.165 e. The summed E-state index contributed by atoms with van der Waals surface area (Å²) in [5, 5.41) is 20.4. The van der Waals surface area contributed by atoms with Gasteiger partial charge in [-0.05, 0) is 63.6 Å². The molecule has 0 aromatic carbocycles. The van der Waals surface area contributed by atoms with Crippen molar-refractivity contribution in [1.29, 1.82) is 5.26 Å². The summed E-state index contributed by atoms with van der Waals surface area (Å²) in [5.74, 6) is 0.349. The molecule has 0 bridgehead atoms. The van der Waals surface area contributed by atoms with Crippen molar-refractivity contribution in [2.45, 2.75) is 63.6 Å². The molecule has 1 aliphatic heterocycles. The van der Waals surface area contributed by atoms with E-state index in [0.717, 1.165) is 31.5 Å². The van der Waals surface area contributed by atoms with Gasteiger partial charge < -0.3 is 25.4 Å². The van der Waals surface area contributed by atoms with Crippen molar-refractivity contribution >= 4 is 23.2 Å². The van der Waals surface area contributed by atoms with Gasteiger partial charge in [0.2, 0.25) is 0 Å². The molecular weight excluding hydrogens is 495 g/mol. The van der Waals surface area contributed by atoms with E-state index < -0.39 is 11.2 Å². The zero-order chi connectivity index (χ0) is 26.3. The molecule has 2 aromatic heterocycles. The van der Waals surface area contributed by atoms with Crippen LogP contribution in [0.1, 0.15) is 45.4 Å². The van der Waals surface area contributed by atoms with Gasteiger partial charge in [-0.15, -0.1) is 0 Å². The Balaban J connectivity index is 1.41. The number of halogens is 2. The van der Waals surface area contributed by atoms with Gasteiger partial charge >= 0.3 is 0 Å². The zero-order valence-corrected chi connectivity index (χ0v) is 22.3. The van der Waals surface area contributed by atoms with Crippen molar-refractivity contribution < 1.29 is 13.9 Å². The van der Waals surface area contributed by atoms with E-state index >= 15 is 0 Å². The highest BCUT2D eigenvalue weighted by Crippen LogP contribution is 2.33. The van der Waals surface area contributed by atoms with Crippen LogP contribution in [0.25, 0.3) is 11.3 Å². The monoisotopic (exact) mass is 530 g/mol. The summed E-state index contributed by atoms with van der Waals surface area (Å²) < 4.78 is 25.2. The SMILES string of the molecule is COC[C@@H](C)N[C@H]1CC[C@H](Nc2cc(-c3ccc(F)c(NCC4(C#N)CCOCC4)n3)c(Cl)cn2)CC1. The third-order valence-corrected chi connectivity index (χ3v) is 7.58. The normalized spacial score (nSPS) is 22.1. The third-order valence-electron chi connectivity index (χ3n) is 7.27. The zero-order valence-electron chi connectivity index (χ0n) is 21.5. The number of hydrogen-bond donors (Lipinski definition) is 3. The fraction of sp³-hybridized carbons (Fsp3) is 0.593. The highest BCUT2D eigenvalue weighted by Gasteiger charge is 2.33. The lowest BCUT2D eigenvalue weighted by atomic mass is 9.82. The van der Waals surface area contributed by atoms with Gasteiger partial charge in [0.15, 0.2) is 11.6 Å². The standard InChI is InChI=1S/C27H36ClFN6O2/c1-18(15-36-2)33-19-3-5-20(6-4-19)34-25-13-21(22(28)14-31-25)24-8-7-23(29)26(35-24)32-17-27(16-30)9-11-37-12-10-27/h7-8,13-14,18-20,33H,3-6,9-12,15,17H2,1-2H3,(H,31,34)(H,32,35)/t18-,19-,20-/m1/s1. The number of nitriles is 1. The molecule has 4 rings (SSSR count). The summed E-state index contributed by atoms with van der Waals surface area (Å²) in [7, 11) is 1.72. The van der Waals surface area contributed by atoms with Gasteiger partial charge in [-0.1, -0.05) is 11.6 Å². The Morgan fingerprint density at radius 1 is 1.24 bits per heavy atom. The van der Waals surface area contributed by atoms with Gasteiger partial charge in [0.25, 0.3) is 0 Å². The average molecular weight is 531 g/mol. The molecule has 2 aromatic rings. The number of methoxy groups -OCH3 is 1. The third kappa shape index (κ3) is 7.29. The van der Waals surface area contributed by atoms with Crippen molar-refractivity contribution in [1.82, 2.24) is 15.3 Å².